The number of benzene rings is 2. The van der Waals surface area contributed by atoms with Crippen molar-refractivity contribution in [2.24, 2.45) is 5.92 Å². The minimum atomic E-state index is -0.993. The molecular formula is C25H32O4. The first-order valence-corrected chi connectivity index (χ1v) is 10.2. The van der Waals surface area contributed by atoms with Crippen molar-refractivity contribution in [3.63, 3.8) is 0 Å². The summed E-state index contributed by atoms with van der Waals surface area (Å²) in [6.45, 7) is 9.83. The van der Waals surface area contributed by atoms with E-state index in [1.807, 2.05) is 42.5 Å². The van der Waals surface area contributed by atoms with Crippen LogP contribution in [0.5, 0.6) is 0 Å². The predicted molar refractivity (Wildman–Crippen MR) is 114 cm³/mol. The summed E-state index contributed by atoms with van der Waals surface area (Å²) in [6, 6.07) is 17.5. The summed E-state index contributed by atoms with van der Waals surface area (Å²) in [7, 11) is 0. The van der Waals surface area contributed by atoms with Crippen LogP contribution in [0.25, 0.3) is 0 Å². The monoisotopic (exact) mass is 396 g/mol. The molecule has 0 aliphatic rings. The fourth-order valence-electron chi connectivity index (χ4n) is 2.92. The van der Waals surface area contributed by atoms with Gasteiger partial charge in [-0.2, -0.15) is 0 Å². The quantitative estimate of drug-likeness (QED) is 0.440. The zero-order chi connectivity index (χ0) is 21.4. The fraction of sp³-hybridized carbons (Fsp3) is 0.440. The van der Waals surface area contributed by atoms with Crippen LogP contribution in [0.4, 0.5) is 0 Å². The second-order valence-electron chi connectivity index (χ2n) is 8.43. The van der Waals surface area contributed by atoms with Crippen LogP contribution < -0.4 is 0 Å². The van der Waals surface area contributed by atoms with E-state index in [1.165, 1.54) is 5.56 Å². The Morgan fingerprint density at radius 2 is 1.52 bits per heavy atom. The minimum absolute atomic E-state index is 0.131. The Morgan fingerprint density at radius 1 is 0.897 bits per heavy atom. The van der Waals surface area contributed by atoms with Crippen molar-refractivity contribution in [1.29, 1.82) is 0 Å². The van der Waals surface area contributed by atoms with Gasteiger partial charge in [-0.05, 0) is 56.2 Å². The van der Waals surface area contributed by atoms with Gasteiger partial charge in [-0.1, -0.05) is 68.4 Å². The molecule has 0 radical (unpaired) electrons. The maximum absolute atomic E-state index is 12.7. The van der Waals surface area contributed by atoms with Crippen molar-refractivity contribution in [1.82, 2.24) is 0 Å². The Morgan fingerprint density at radius 3 is 2.07 bits per heavy atom. The van der Waals surface area contributed by atoms with E-state index < -0.39 is 23.5 Å². The zero-order valence-corrected chi connectivity index (χ0v) is 18.1. The van der Waals surface area contributed by atoms with Crippen molar-refractivity contribution in [3.05, 3.63) is 71.3 Å². The smallest absolute Gasteiger partial charge is 0.321 e. The van der Waals surface area contributed by atoms with Crippen LogP contribution in [-0.4, -0.2) is 17.5 Å². The third-order valence-electron chi connectivity index (χ3n) is 4.80. The first-order valence-electron chi connectivity index (χ1n) is 10.2. The standard InChI is InChI=1S/C25H32O4/c1-6-18(2)21-14-12-19(13-15-21)16-22(24(27)29-25(3,4)5)23(26)28-17-20-10-8-7-9-11-20/h7-15,18,22H,6,16-17H2,1-5H3. The molecule has 0 saturated heterocycles. The zero-order valence-electron chi connectivity index (χ0n) is 18.1. The van der Waals surface area contributed by atoms with E-state index in [2.05, 4.69) is 26.0 Å². The van der Waals surface area contributed by atoms with E-state index >= 15 is 0 Å². The van der Waals surface area contributed by atoms with E-state index in [1.54, 1.807) is 20.8 Å². The van der Waals surface area contributed by atoms with Gasteiger partial charge in [0.25, 0.3) is 0 Å². The highest BCUT2D eigenvalue weighted by Gasteiger charge is 2.33. The van der Waals surface area contributed by atoms with E-state index in [0.717, 1.165) is 17.5 Å². The number of hydrogen-bond donors (Lipinski definition) is 0. The lowest BCUT2D eigenvalue weighted by molar-refractivity contribution is -0.169. The second-order valence-corrected chi connectivity index (χ2v) is 8.43. The van der Waals surface area contributed by atoms with Gasteiger partial charge in [0, 0.05) is 0 Å². The molecule has 0 heterocycles. The first kappa shape index (κ1) is 22.7. The Hall–Kier alpha value is -2.62. The number of ether oxygens (including phenoxy) is 2. The lowest BCUT2D eigenvalue weighted by atomic mass is 9.94. The molecule has 2 aromatic rings. The van der Waals surface area contributed by atoms with Gasteiger partial charge in [-0.15, -0.1) is 0 Å². The molecule has 4 heteroatoms. The summed E-state index contributed by atoms with van der Waals surface area (Å²) in [5.41, 5.74) is 2.36. The third kappa shape index (κ3) is 7.37. The highest BCUT2D eigenvalue weighted by molar-refractivity contribution is 5.95. The van der Waals surface area contributed by atoms with E-state index in [0.29, 0.717) is 5.92 Å². The number of carbonyl (C=O) groups is 2. The normalized spacial score (nSPS) is 13.4. The Labute approximate surface area is 174 Å². The maximum atomic E-state index is 12.7. The predicted octanol–water partition coefficient (Wildman–Crippen LogP) is 5.44. The summed E-state index contributed by atoms with van der Waals surface area (Å²) in [5, 5.41) is 0. The second kappa shape index (κ2) is 10.2. The highest BCUT2D eigenvalue weighted by atomic mass is 16.6. The van der Waals surface area contributed by atoms with Gasteiger partial charge in [0.05, 0.1) is 0 Å². The molecule has 0 aromatic heterocycles. The number of rotatable bonds is 8. The molecule has 0 bridgehead atoms. The van der Waals surface area contributed by atoms with Crippen molar-refractivity contribution < 1.29 is 19.1 Å². The Balaban J connectivity index is 2.13. The van der Waals surface area contributed by atoms with Gasteiger partial charge in [0.15, 0.2) is 5.92 Å². The molecule has 0 aliphatic carbocycles. The van der Waals surface area contributed by atoms with Crippen LogP contribution in [0, 0.1) is 5.92 Å². The molecular weight excluding hydrogens is 364 g/mol. The van der Waals surface area contributed by atoms with Gasteiger partial charge < -0.3 is 9.47 Å². The van der Waals surface area contributed by atoms with Crippen LogP contribution in [0.15, 0.2) is 54.6 Å². The van der Waals surface area contributed by atoms with Crippen LogP contribution in [0.1, 0.15) is 63.6 Å². The molecule has 2 atom stereocenters. The summed E-state index contributed by atoms with van der Waals surface area (Å²) >= 11 is 0. The number of carbonyl (C=O) groups excluding carboxylic acids is 2. The SMILES string of the molecule is CCC(C)c1ccc(CC(C(=O)OCc2ccccc2)C(=O)OC(C)(C)C)cc1. The molecule has 4 nitrogen and oxygen atoms in total. The van der Waals surface area contributed by atoms with Crippen molar-refractivity contribution >= 4 is 11.9 Å². The first-order chi connectivity index (χ1) is 13.7. The Bertz CT molecular complexity index is 788. The van der Waals surface area contributed by atoms with Crippen LogP contribution in [-0.2, 0) is 32.1 Å². The van der Waals surface area contributed by atoms with Crippen molar-refractivity contribution in [2.75, 3.05) is 0 Å². The van der Waals surface area contributed by atoms with E-state index in [4.69, 9.17) is 9.47 Å². The largest absolute Gasteiger partial charge is 0.460 e. The average Bonchev–Trinajstić information content (AvgIpc) is 2.69. The van der Waals surface area contributed by atoms with Gasteiger partial charge in [0.2, 0.25) is 0 Å². The number of hydrogen-bond acceptors (Lipinski definition) is 4. The van der Waals surface area contributed by atoms with Gasteiger partial charge in [-0.3, -0.25) is 9.59 Å². The lowest BCUT2D eigenvalue weighted by Gasteiger charge is -2.23. The highest BCUT2D eigenvalue weighted by Crippen LogP contribution is 2.22. The molecule has 0 aliphatic heterocycles. The van der Waals surface area contributed by atoms with E-state index in [9.17, 15) is 9.59 Å². The molecule has 0 saturated carbocycles. The minimum Gasteiger partial charge on any atom is -0.460 e. The Kier molecular flexibility index (Phi) is 8.00. The van der Waals surface area contributed by atoms with Crippen LogP contribution in [0.3, 0.4) is 0 Å². The topological polar surface area (TPSA) is 52.6 Å². The van der Waals surface area contributed by atoms with Gasteiger partial charge >= 0.3 is 11.9 Å². The molecule has 2 rings (SSSR count). The van der Waals surface area contributed by atoms with Crippen molar-refractivity contribution in [3.8, 4) is 0 Å². The molecule has 0 spiro atoms. The summed E-state index contributed by atoms with van der Waals surface area (Å²) in [5.74, 6) is -1.63. The summed E-state index contributed by atoms with van der Waals surface area (Å²) in [4.78, 5) is 25.5. The molecule has 2 aromatic carbocycles. The molecule has 29 heavy (non-hydrogen) atoms. The summed E-state index contributed by atoms with van der Waals surface area (Å²) in [6.07, 6.45) is 1.31. The molecule has 0 N–H and O–H groups in total. The third-order valence-corrected chi connectivity index (χ3v) is 4.80. The van der Waals surface area contributed by atoms with Crippen LogP contribution >= 0.6 is 0 Å². The van der Waals surface area contributed by atoms with Gasteiger partial charge in [0.1, 0.15) is 12.2 Å². The maximum Gasteiger partial charge on any atom is 0.321 e. The van der Waals surface area contributed by atoms with E-state index in [-0.39, 0.29) is 13.0 Å². The molecule has 2 unspecified atom stereocenters. The van der Waals surface area contributed by atoms with Crippen molar-refractivity contribution in [2.45, 2.75) is 65.6 Å². The molecule has 0 fully saturated rings. The van der Waals surface area contributed by atoms with Gasteiger partial charge in [-0.25, -0.2) is 0 Å². The average molecular weight is 397 g/mol. The van der Waals surface area contributed by atoms with Crippen LogP contribution in [0.2, 0.25) is 0 Å². The summed E-state index contributed by atoms with van der Waals surface area (Å²) < 4.78 is 10.9. The molecule has 156 valence electrons. The molecule has 0 amide bonds. The lowest BCUT2D eigenvalue weighted by Crippen LogP contribution is -2.35. The fourth-order valence-corrected chi connectivity index (χ4v) is 2.92. The number of esters is 2.